The summed E-state index contributed by atoms with van der Waals surface area (Å²) in [5.41, 5.74) is 0.633. The van der Waals surface area contributed by atoms with Gasteiger partial charge in [-0.25, -0.2) is 0 Å². The van der Waals surface area contributed by atoms with Crippen LogP contribution in [0.15, 0.2) is 23.8 Å². The monoisotopic (exact) mass is 332 g/mol. The van der Waals surface area contributed by atoms with Crippen molar-refractivity contribution in [2.45, 2.75) is 20.3 Å². The Hall–Kier alpha value is -2.52. The molecule has 130 valence electrons. The van der Waals surface area contributed by atoms with Gasteiger partial charge < -0.3 is 19.5 Å². The molecule has 1 N–H and O–H groups in total. The van der Waals surface area contributed by atoms with Crippen molar-refractivity contribution in [1.82, 2.24) is 5.32 Å². The number of hydrogen-bond acceptors (Lipinski definition) is 5. The summed E-state index contributed by atoms with van der Waals surface area (Å²) in [6.07, 6.45) is 2.35. The lowest BCUT2D eigenvalue weighted by Gasteiger charge is -2.14. The zero-order valence-electron chi connectivity index (χ0n) is 14.4. The predicted octanol–water partition coefficient (Wildman–Crippen LogP) is 2.54. The van der Waals surface area contributed by atoms with E-state index in [1.54, 1.807) is 25.3 Å². The first-order valence-corrected chi connectivity index (χ1v) is 7.95. The van der Waals surface area contributed by atoms with Gasteiger partial charge in [-0.15, -0.1) is 0 Å². The summed E-state index contributed by atoms with van der Waals surface area (Å²) in [5.74, 6) is 0.688. The molecule has 0 radical (unpaired) electrons. The zero-order valence-corrected chi connectivity index (χ0v) is 14.4. The van der Waals surface area contributed by atoms with Crippen LogP contribution in [0.2, 0.25) is 0 Å². The maximum absolute atomic E-state index is 12.1. The van der Waals surface area contributed by atoms with Gasteiger partial charge in [-0.3, -0.25) is 4.79 Å². The lowest BCUT2D eigenvalue weighted by atomic mass is 10.1. The van der Waals surface area contributed by atoms with Crippen LogP contribution in [0.1, 0.15) is 25.8 Å². The van der Waals surface area contributed by atoms with Crippen LogP contribution in [0.3, 0.4) is 0 Å². The third kappa shape index (κ3) is 5.94. The molecular weight excluding hydrogens is 308 g/mol. The largest absolute Gasteiger partial charge is 0.490 e. The van der Waals surface area contributed by atoms with E-state index in [0.29, 0.717) is 43.4 Å². The van der Waals surface area contributed by atoms with Gasteiger partial charge in [0.1, 0.15) is 11.6 Å². The second-order valence-electron chi connectivity index (χ2n) is 4.87. The van der Waals surface area contributed by atoms with Crippen LogP contribution in [0, 0.1) is 11.3 Å². The molecule has 0 saturated carbocycles. The second-order valence-corrected chi connectivity index (χ2v) is 4.87. The SMILES string of the molecule is CCCOc1c(/C=C(\C#N)C(=O)NCCOC)cccc1OCC. The van der Waals surface area contributed by atoms with Crippen LogP contribution >= 0.6 is 0 Å². The number of nitrogens with one attached hydrogen (secondary N) is 1. The first-order valence-electron chi connectivity index (χ1n) is 7.95. The highest BCUT2D eigenvalue weighted by Crippen LogP contribution is 2.33. The molecule has 6 nitrogen and oxygen atoms in total. The summed E-state index contributed by atoms with van der Waals surface area (Å²) >= 11 is 0. The number of para-hydroxylation sites is 1. The topological polar surface area (TPSA) is 80.6 Å². The van der Waals surface area contributed by atoms with Gasteiger partial charge in [-0.05, 0) is 25.5 Å². The standard InChI is InChI=1S/C18H24N2O4/c1-4-10-24-17-14(7-6-8-16(17)23-5-2)12-15(13-19)18(21)20-9-11-22-3/h6-8,12H,4-5,9-11H2,1-3H3,(H,20,21)/b15-12+. The van der Waals surface area contributed by atoms with E-state index < -0.39 is 5.91 Å². The van der Waals surface area contributed by atoms with Crippen LogP contribution < -0.4 is 14.8 Å². The Labute approximate surface area is 143 Å². The summed E-state index contributed by atoms with van der Waals surface area (Å²) in [4.78, 5) is 12.1. The molecule has 24 heavy (non-hydrogen) atoms. The highest BCUT2D eigenvalue weighted by molar-refractivity contribution is 6.02. The number of nitriles is 1. The van der Waals surface area contributed by atoms with Crippen molar-refractivity contribution in [3.05, 3.63) is 29.3 Å². The van der Waals surface area contributed by atoms with E-state index in [1.165, 1.54) is 6.08 Å². The van der Waals surface area contributed by atoms with Crippen molar-refractivity contribution in [2.75, 3.05) is 33.5 Å². The second kappa shape index (κ2) is 11.1. The minimum atomic E-state index is -0.446. The molecule has 0 aliphatic rings. The van der Waals surface area contributed by atoms with Crippen molar-refractivity contribution in [1.29, 1.82) is 5.26 Å². The van der Waals surface area contributed by atoms with Crippen molar-refractivity contribution < 1.29 is 19.0 Å². The van der Waals surface area contributed by atoms with Crippen molar-refractivity contribution in [3.63, 3.8) is 0 Å². The zero-order chi connectivity index (χ0) is 17.8. The molecule has 1 rings (SSSR count). The molecule has 0 spiro atoms. The Morgan fingerprint density at radius 3 is 2.71 bits per heavy atom. The van der Waals surface area contributed by atoms with E-state index in [2.05, 4.69) is 5.32 Å². The minimum absolute atomic E-state index is 0.00102. The van der Waals surface area contributed by atoms with E-state index in [4.69, 9.17) is 14.2 Å². The van der Waals surface area contributed by atoms with Gasteiger partial charge >= 0.3 is 0 Å². The highest BCUT2D eigenvalue weighted by Gasteiger charge is 2.13. The summed E-state index contributed by atoms with van der Waals surface area (Å²) in [7, 11) is 1.55. The number of ether oxygens (including phenoxy) is 3. The quantitative estimate of drug-likeness (QED) is 0.404. The van der Waals surface area contributed by atoms with Gasteiger partial charge in [0.15, 0.2) is 11.5 Å². The van der Waals surface area contributed by atoms with Crippen molar-refractivity contribution in [2.24, 2.45) is 0 Å². The van der Waals surface area contributed by atoms with Gasteiger partial charge in [0, 0.05) is 19.2 Å². The van der Waals surface area contributed by atoms with E-state index in [9.17, 15) is 10.1 Å². The number of rotatable bonds is 10. The Kier molecular flexibility index (Phi) is 9.02. The fourth-order valence-electron chi connectivity index (χ4n) is 1.94. The molecule has 0 fully saturated rings. The van der Waals surface area contributed by atoms with E-state index in [0.717, 1.165) is 6.42 Å². The molecule has 6 heteroatoms. The number of amides is 1. The Bertz CT molecular complexity index is 606. The van der Waals surface area contributed by atoms with Crippen LogP contribution in [-0.2, 0) is 9.53 Å². The average Bonchev–Trinajstić information content (AvgIpc) is 2.59. The molecule has 0 aromatic heterocycles. The Morgan fingerprint density at radius 1 is 1.29 bits per heavy atom. The van der Waals surface area contributed by atoms with Gasteiger partial charge in [-0.1, -0.05) is 19.1 Å². The summed E-state index contributed by atoms with van der Waals surface area (Å²) in [6.45, 7) is 5.63. The highest BCUT2D eigenvalue weighted by atomic mass is 16.5. The molecule has 0 unspecified atom stereocenters. The van der Waals surface area contributed by atoms with Crippen LogP contribution in [-0.4, -0.2) is 39.4 Å². The molecule has 0 aliphatic carbocycles. The first kappa shape index (κ1) is 19.5. The van der Waals surface area contributed by atoms with E-state index in [1.807, 2.05) is 19.9 Å². The Morgan fingerprint density at radius 2 is 2.08 bits per heavy atom. The lowest BCUT2D eigenvalue weighted by Crippen LogP contribution is -2.27. The van der Waals surface area contributed by atoms with Crippen molar-refractivity contribution in [3.8, 4) is 17.6 Å². The molecule has 0 atom stereocenters. The number of methoxy groups -OCH3 is 1. The Balaban J connectivity index is 3.10. The van der Waals surface area contributed by atoms with Gasteiger partial charge in [-0.2, -0.15) is 5.26 Å². The summed E-state index contributed by atoms with van der Waals surface area (Å²) in [5, 5.41) is 11.9. The number of nitrogens with zero attached hydrogens (tertiary/aromatic N) is 1. The third-order valence-electron chi connectivity index (χ3n) is 3.02. The molecular formula is C18H24N2O4. The molecule has 1 amide bonds. The number of hydrogen-bond donors (Lipinski definition) is 1. The summed E-state index contributed by atoms with van der Waals surface area (Å²) < 4.78 is 16.2. The molecule has 0 heterocycles. The van der Waals surface area contributed by atoms with Crippen LogP contribution in [0.4, 0.5) is 0 Å². The van der Waals surface area contributed by atoms with E-state index in [-0.39, 0.29) is 5.57 Å². The lowest BCUT2D eigenvalue weighted by molar-refractivity contribution is -0.117. The van der Waals surface area contributed by atoms with E-state index >= 15 is 0 Å². The smallest absolute Gasteiger partial charge is 0.262 e. The average molecular weight is 332 g/mol. The fourth-order valence-corrected chi connectivity index (χ4v) is 1.94. The molecule has 1 aromatic rings. The molecule has 1 aromatic carbocycles. The minimum Gasteiger partial charge on any atom is -0.490 e. The fraction of sp³-hybridized carbons (Fsp3) is 0.444. The van der Waals surface area contributed by atoms with Gasteiger partial charge in [0.05, 0.1) is 19.8 Å². The van der Waals surface area contributed by atoms with Gasteiger partial charge in [0.25, 0.3) is 5.91 Å². The predicted molar refractivity (Wildman–Crippen MR) is 91.9 cm³/mol. The molecule has 0 bridgehead atoms. The first-order chi connectivity index (χ1) is 11.7. The normalized spacial score (nSPS) is 10.8. The van der Waals surface area contributed by atoms with Crippen LogP contribution in [0.5, 0.6) is 11.5 Å². The maximum atomic E-state index is 12.1. The van der Waals surface area contributed by atoms with Crippen LogP contribution in [0.25, 0.3) is 6.08 Å². The molecule has 0 aliphatic heterocycles. The third-order valence-corrected chi connectivity index (χ3v) is 3.02. The maximum Gasteiger partial charge on any atom is 0.262 e. The van der Waals surface area contributed by atoms with Gasteiger partial charge in [0.2, 0.25) is 0 Å². The summed E-state index contributed by atoms with van der Waals surface area (Å²) in [6, 6.07) is 7.31. The number of carbonyl (C=O) groups excluding carboxylic acids is 1. The van der Waals surface area contributed by atoms with Crippen molar-refractivity contribution >= 4 is 12.0 Å². The molecule has 0 saturated heterocycles. The number of carbonyl (C=O) groups is 1. The number of benzene rings is 1.